The molecule has 0 unspecified atom stereocenters. The van der Waals surface area contributed by atoms with Gasteiger partial charge in [-0.05, 0) is 16.6 Å². The number of hydrogen-bond donors (Lipinski definition) is 2. The molecule has 0 aromatic rings. The minimum absolute atomic E-state index is 0. The molecular weight excluding hydrogens is 154 g/mol. The molecule has 2 N–H and O–H groups in total. The Bertz CT molecular complexity index is 110. The lowest BCUT2D eigenvalue weighted by atomic mass is 10.6. The van der Waals surface area contributed by atoms with E-state index in [1.165, 1.54) is 0 Å². The van der Waals surface area contributed by atoms with Crippen molar-refractivity contribution in [1.29, 1.82) is 0 Å². The summed E-state index contributed by atoms with van der Waals surface area (Å²) in [5.74, 6) is 1.16. The third-order valence-corrected chi connectivity index (χ3v) is 2.94. The highest BCUT2D eigenvalue weighted by Gasteiger charge is 1.94. The first-order chi connectivity index (χ1) is 3.93. The van der Waals surface area contributed by atoms with Gasteiger partial charge in [-0.15, -0.1) is 12.4 Å². The average molecular weight is 166 g/mol. The Morgan fingerprint density at radius 1 is 1.22 bits per heavy atom. The highest BCUT2D eigenvalue weighted by Crippen LogP contribution is 2.31. The van der Waals surface area contributed by atoms with Crippen molar-refractivity contribution in [2.45, 2.75) is 0 Å². The van der Waals surface area contributed by atoms with Crippen LogP contribution in [0.4, 0.5) is 0 Å². The topological polar surface area (TPSA) is 26.0 Å². The molecule has 0 aliphatic carbocycles. The third kappa shape index (κ3) is 2.94. The summed E-state index contributed by atoms with van der Waals surface area (Å²) >= 11 is 0. The average Bonchev–Trinajstić information content (AvgIpc) is 2.19. The molecule has 0 atom stereocenters. The highest BCUT2D eigenvalue weighted by atomic mass is 35.5. The second-order valence-corrected chi connectivity index (χ2v) is 3.78. The van der Waals surface area contributed by atoms with Gasteiger partial charge < -0.3 is 5.73 Å². The van der Waals surface area contributed by atoms with E-state index in [0.29, 0.717) is 0 Å². The minimum Gasteiger partial charge on any atom is -0.330 e. The lowest BCUT2D eigenvalue weighted by molar-refractivity contribution is 1.15. The van der Waals surface area contributed by atoms with Crippen molar-refractivity contribution in [2.75, 3.05) is 12.3 Å². The molecule has 0 aromatic heterocycles. The molecule has 0 saturated heterocycles. The van der Waals surface area contributed by atoms with Crippen LogP contribution in [-0.4, -0.2) is 12.3 Å². The molecule has 3 heteroatoms. The van der Waals surface area contributed by atoms with Gasteiger partial charge in [0.1, 0.15) is 0 Å². The normalized spacial score (nSPS) is 18.1. The summed E-state index contributed by atoms with van der Waals surface area (Å²) in [6, 6.07) is 0. The van der Waals surface area contributed by atoms with E-state index in [1.54, 1.807) is 0 Å². The van der Waals surface area contributed by atoms with Crippen LogP contribution in [0.3, 0.4) is 0 Å². The van der Waals surface area contributed by atoms with Gasteiger partial charge in [-0.2, -0.15) is 0 Å². The Morgan fingerprint density at radius 3 is 2.22 bits per heavy atom. The highest BCUT2D eigenvalue weighted by molar-refractivity contribution is 8.22. The second kappa shape index (κ2) is 4.91. The van der Waals surface area contributed by atoms with Gasteiger partial charge in [0.25, 0.3) is 0 Å². The maximum atomic E-state index is 5.36. The van der Waals surface area contributed by atoms with E-state index in [1.807, 2.05) is 0 Å². The van der Waals surface area contributed by atoms with Gasteiger partial charge in [0.2, 0.25) is 0 Å². The Labute approximate surface area is 64.8 Å². The summed E-state index contributed by atoms with van der Waals surface area (Å²) in [4.78, 5) is 0. The molecular formula is C6H12ClNS. The van der Waals surface area contributed by atoms with Gasteiger partial charge in [0.05, 0.1) is 0 Å². The Hall–Kier alpha value is 0.0800. The molecule has 54 valence electrons. The fraction of sp³-hybridized carbons (Fsp3) is 0.333. The van der Waals surface area contributed by atoms with Gasteiger partial charge >= 0.3 is 0 Å². The molecule has 0 saturated carbocycles. The van der Waals surface area contributed by atoms with Crippen molar-refractivity contribution >= 4 is 23.3 Å². The summed E-state index contributed by atoms with van der Waals surface area (Å²) < 4.78 is 0. The van der Waals surface area contributed by atoms with Crippen molar-refractivity contribution in [2.24, 2.45) is 5.73 Å². The maximum absolute atomic E-state index is 5.36. The molecule has 1 aliphatic heterocycles. The van der Waals surface area contributed by atoms with Crippen LogP contribution >= 0.6 is 23.3 Å². The van der Waals surface area contributed by atoms with Crippen molar-refractivity contribution in [3.63, 3.8) is 0 Å². The standard InChI is InChI=1S/C6H11NS.ClH/c7-3-6-8-4-1-2-5-8;/h1-2,4-5,8H,3,6-7H2;1H. The molecule has 1 rings (SSSR count). The van der Waals surface area contributed by atoms with Crippen LogP contribution in [0.1, 0.15) is 0 Å². The van der Waals surface area contributed by atoms with Gasteiger partial charge in [0.15, 0.2) is 0 Å². The van der Waals surface area contributed by atoms with E-state index in [-0.39, 0.29) is 23.3 Å². The van der Waals surface area contributed by atoms with Gasteiger partial charge in [-0.1, -0.05) is 12.2 Å². The van der Waals surface area contributed by atoms with Crippen LogP contribution in [0.2, 0.25) is 0 Å². The second-order valence-electron chi connectivity index (χ2n) is 1.71. The minimum atomic E-state index is 0. The fourth-order valence-corrected chi connectivity index (χ4v) is 2.00. The molecule has 0 radical (unpaired) electrons. The third-order valence-electron chi connectivity index (χ3n) is 1.05. The van der Waals surface area contributed by atoms with Crippen LogP contribution < -0.4 is 5.73 Å². The monoisotopic (exact) mass is 165 g/mol. The molecule has 0 fully saturated rings. The summed E-state index contributed by atoms with van der Waals surface area (Å²) in [6.07, 6.45) is 4.20. The zero-order valence-electron chi connectivity index (χ0n) is 5.16. The Kier molecular flexibility index (Phi) is 4.96. The Morgan fingerprint density at radius 2 is 1.78 bits per heavy atom. The van der Waals surface area contributed by atoms with Crippen molar-refractivity contribution < 1.29 is 0 Å². The molecule has 0 spiro atoms. The lowest BCUT2D eigenvalue weighted by Gasteiger charge is -2.04. The van der Waals surface area contributed by atoms with Crippen LogP contribution in [-0.2, 0) is 0 Å². The van der Waals surface area contributed by atoms with E-state index in [0.717, 1.165) is 12.3 Å². The first-order valence-corrected chi connectivity index (χ1v) is 4.41. The number of halogens is 1. The molecule has 0 aromatic carbocycles. The van der Waals surface area contributed by atoms with Crippen LogP contribution in [0.25, 0.3) is 0 Å². The van der Waals surface area contributed by atoms with Crippen LogP contribution in [0, 0.1) is 0 Å². The quantitative estimate of drug-likeness (QED) is 0.595. The molecule has 0 bridgehead atoms. The number of nitrogens with two attached hydrogens (primary N) is 1. The number of thiol groups is 1. The Balaban J connectivity index is 0.000000640. The molecule has 9 heavy (non-hydrogen) atoms. The fourth-order valence-electron chi connectivity index (χ4n) is 0.668. The SMILES string of the molecule is Cl.NCC[SH]1C=CC=C1. The predicted molar refractivity (Wildman–Crippen MR) is 48.4 cm³/mol. The zero-order chi connectivity index (χ0) is 5.82. The van der Waals surface area contributed by atoms with Crippen molar-refractivity contribution in [3.8, 4) is 0 Å². The van der Waals surface area contributed by atoms with Crippen molar-refractivity contribution in [1.82, 2.24) is 0 Å². The summed E-state index contributed by atoms with van der Waals surface area (Å²) in [7, 11) is 0.0687. The van der Waals surface area contributed by atoms with E-state index in [2.05, 4.69) is 23.0 Å². The van der Waals surface area contributed by atoms with Crippen LogP contribution in [0.5, 0.6) is 0 Å². The van der Waals surface area contributed by atoms with E-state index in [4.69, 9.17) is 5.73 Å². The van der Waals surface area contributed by atoms with E-state index in [9.17, 15) is 0 Å². The summed E-state index contributed by atoms with van der Waals surface area (Å²) in [5.41, 5.74) is 5.36. The van der Waals surface area contributed by atoms with Gasteiger partial charge in [0, 0.05) is 6.54 Å². The molecule has 1 aliphatic rings. The smallest absolute Gasteiger partial charge is 0.000284 e. The molecule has 0 amide bonds. The number of rotatable bonds is 2. The number of hydrogen-bond acceptors (Lipinski definition) is 1. The van der Waals surface area contributed by atoms with Crippen LogP contribution in [0.15, 0.2) is 23.0 Å². The predicted octanol–water partition coefficient (Wildman–Crippen LogP) is 1.41. The number of allylic oxidation sites excluding steroid dienone is 2. The van der Waals surface area contributed by atoms with Gasteiger partial charge in [-0.3, -0.25) is 0 Å². The molecule has 1 heterocycles. The summed E-state index contributed by atoms with van der Waals surface area (Å²) in [6.45, 7) is 0.820. The maximum Gasteiger partial charge on any atom is 0.000284 e. The van der Waals surface area contributed by atoms with Crippen molar-refractivity contribution in [3.05, 3.63) is 23.0 Å². The zero-order valence-corrected chi connectivity index (χ0v) is 6.87. The first-order valence-electron chi connectivity index (χ1n) is 2.74. The summed E-state index contributed by atoms with van der Waals surface area (Å²) in [5, 5.41) is 4.48. The molecule has 1 nitrogen and oxygen atoms in total. The van der Waals surface area contributed by atoms with Gasteiger partial charge in [-0.25, -0.2) is 10.9 Å². The largest absolute Gasteiger partial charge is 0.330 e. The lowest BCUT2D eigenvalue weighted by Crippen LogP contribution is -2.02. The van der Waals surface area contributed by atoms with E-state index >= 15 is 0 Å². The first kappa shape index (κ1) is 9.08. The van der Waals surface area contributed by atoms with E-state index < -0.39 is 0 Å².